The molecule has 0 unspecified atom stereocenters. The molecule has 0 bridgehead atoms. The number of anilines is 3. The molecule has 0 atom stereocenters. The molecule has 35 heavy (non-hydrogen) atoms. The summed E-state index contributed by atoms with van der Waals surface area (Å²) >= 11 is 0. The minimum atomic E-state index is -0.654. The maximum Gasteiger partial charge on any atom is 0.341 e. The van der Waals surface area contributed by atoms with Gasteiger partial charge in [-0.05, 0) is 63.4 Å². The molecule has 1 amide bonds. The van der Waals surface area contributed by atoms with E-state index in [1.807, 2.05) is 0 Å². The molecule has 0 spiro atoms. The van der Waals surface area contributed by atoms with Crippen molar-refractivity contribution in [1.29, 1.82) is 0 Å². The third-order valence-corrected chi connectivity index (χ3v) is 6.24. The lowest BCUT2D eigenvalue weighted by molar-refractivity contribution is -0.105. The van der Waals surface area contributed by atoms with Gasteiger partial charge in [-0.2, -0.15) is 0 Å². The Morgan fingerprint density at radius 3 is 2.60 bits per heavy atom. The maximum absolute atomic E-state index is 14.7. The van der Waals surface area contributed by atoms with Gasteiger partial charge in [0, 0.05) is 11.7 Å². The first-order chi connectivity index (χ1) is 16.8. The predicted octanol–water partition coefficient (Wildman–Crippen LogP) is 4.73. The fourth-order valence-corrected chi connectivity index (χ4v) is 4.36. The van der Waals surface area contributed by atoms with Gasteiger partial charge in [0.1, 0.15) is 17.0 Å². The number of hydrogen-bond donors (Lipinski definition) is 2. The molecule has 9 heteroatoms. The molecule has 4 aromatic rings. The topological polar surface area (TPSA) is 106 Å². The molecule has 0 aliphatic heterocycles. The van der Waals surface area contributed by atoms with Gasteiger partial charge in [0.25, 0.3) is 5.56 Å². The number of pyridine rings is 2. The van der Waals surface area contributed by atoms with Crippen molar-refractivity contribution < 1.29 is 13.6 Å². The molecule has 3 aromatic heterocycles. The van der Waals surface area contributed by atoms with Gasteiger partial charge in [-0.25, -0.2) is 14.2 Å². The number of carbonyl (C=O) groups excluding carboxylic acids is 1. The quantitative estimate of drug-likeness (QED) is 0.392. The Morgan fingerprint density at radius 2 is 1.91 bits per heavy atom. The van der Waals surface area contributed by atoms with Crippen LogP contribution in [0.2, 0.25) is 0 Å². The summed E-state index contributed by atoms with van der Waals surface area (Å²) < 4.78 is 22.1. The number of nitrogens with zero attached hydrogens (tertiary/aromatic N) is 2. The van der Waals surface area contributed by atoms with E-state index in [9.17, 15) is 18.8 Å². The van der Waals surface area contributed by atoms with Crippen molar-refractivity contribution in [2.75, 3.05) is 10.6 Å². The van der Waals surface area contributed by atoms with Crippen LogP contribution in [0, 0.1) is 26.6 Å². The van der Waals surface area contributed by atoms with E-state index in [-0.39, 0.29) is 39.5 Å². The zero-order valence-electron chi connectivity index (χ0n) is 19.4. The Bertz CT molecular complexity index is 1620. The first-order valence-corrected chi connectivity index (χ1v) is 11.2. The summed E-state index contributed by atoms with van der Waals surface area (Å²) in [5.74, 6) is -0.196. The van der Waals surface area contributed by atoms with Crippen molar-refractivity contribution in [3.63, 3.8) is 0 Å². The molecule has 1 aliphatic carbocycles. The van der Waals surface area contributed by atoms with Gasteiger partial charge < -0.3 is 19.6 Å². The fourth-order valence-electron chi connectivity index (χ4n) is 4.36. The largest absolute Gasteiger partial charge is 0.421 e. The Labute approximate surface area is 199 Å². The van der Waals surface area contributed by atoms with Crippen LogP contribution in [0.25, 0.3) is 22.2 Å². The van der Waals surface area contributed by atoms with E-state index in [2.05, 4.69) is 15.6 Å². The molecule has 1 fully saturated rings. The zero-order chi connectivity index (χ0) is 24.9. The van der Waals surface area contributed by atoms with E-state index in [1.54, 1.807) is 48.7 Å². The Morgan fingerprint density at radius 1 is 1.14 bits per heavy atom. The average molecular weight is 474 g/mol. The molecule has 8 nitrogen and oxygen atoms in total. The van der Waals surface area contributed by atoms with Gasteiger partial charge in [-0.1, -0.05) is 12.1 Å². The standard InChI is InChI=1S/C26H23FN4O4/c1-13-7-10-18(17(27)11-13)30-23-14(2)26(34)35-24-21(19-5-4-6-20(29-19)28-12-32)15(3)31(16-8-9-16)25(33)22(23)24/h4-7,10-12,16,30H,8-9H2,1-3H3,(H,28,29,32). The fraction of sp³-hybridized carbons (Fsp3) is 0.231. The molecule has 1 aromatic carbocycles. The number of rotatable bonds is 6. The van der Waals surface area contributed by atoms with Gasteiger partial charge in [0.15, 0.2) is 5.58 Å². The second-order valence-electron chi connectivity index (χ2n) is 8.74. The summed E-state index contributed by atoms with van der Waals surface area (Å²) in [5.41, 5.74) is 1.81. The summed E-state index contributed by atoms with van der Waals surface area (Å²) in [6.45, 7) is 5.09. The Kier molecular flexibility index (Phi) is 5.47. The molecule has 3 heterocycles. The first-order valence-electron chi connectivity index (χ1n) is 11.2. The van der Waals surface area contributed by atoms with Crippen molar-refractivity contribution in [3.05, 3.63) is 79.8 Å². The monoisotopic (exact) mass is 474 g/mol. The van der Waals surface area contributed by atoms with E-state index < -0.39 is 11.4 Å². The number of halogens is 1. The predicted molar refractivity (Wildman–Crippen MR) is 132 cm³/mol. The third-order valence-electron chi connectivity index (χ3n) is 6.24. The Balaban J connectivity index is 1.87. The van der Waals surface area contributed by atoms with Crippen LogP contribution >= 0.6 is 0 Å². The number of amides is 1. The number of fused-ring (bicyclic) bond motifs is 1. The number of nitrogens with one attached hydrogen (secondary N) is 2. The summed E-state index contributed by atoms with van der Waals surface area (Å²) in [6.07, 6.45) is 2.21. The first kappa shape index (κ1) is 22.5. The van der Waals surface area contributed by atoms with Crippen LogP contribution in [0.3, 0.4) is 0 Å². The van der Waals surface area contributed by atoms with Crippen molar-refractivity contribution in [2.45, 2.75) is 39.7 Å². The highest BCUT2D eigenvalue weighted by Crippen LogP contribution is 2.40. The van der Waals surface area contributed by atoms with Crippen molar-refractivity contribution >= 4 is 34.6 Å². The molecule has 0 saturated heterocycles. The second-order valence-corrected chi connectivity index (χ2v) is 8.74. The molecule has 178 valence electrons. The summed E-state index contributed by atoms with van der Waals surface area (Å²) in [7, 11) is 0. The minimum absolute atomic E-state index is 0.0122. The SMILES string of the molecule is Cc1ccc(Nc2c(C)c(=O)oc3c(-c4cccc(NC=O)n4)c(C)n(C4CC4)c(=O)c23)c(F)c1. The van der Waals surface area contributed by atoms with E-state index in [1.165, 1.54) is 13.0 Å². The van der Waals surface area contributed by atoms with Crippen molar-refractivity contribution in [1.82, 2.24) is 9.55 Å². The molecule has 2 N–H and O–H groups in total. The molecule has 1 saturated carbocycles. The molecule has 0 radical (unpaired) electrons. The highest BCUT2D eigenvalue weighted by Gasteiger charge is 2.31. The van der Waals surface area contributed by atoms with E-state index in [0.29, 0.717) is 29.2 Å². The number of benzene rings is 1. The second kappa shape index (κ2) is 8.50. The molecule has 1 aliphatic rings. The highest BCUT2D eigenvalue weighted by molar-refractivity contribution is 6.00. The van der Waals surface area contributed by atoms with Crippen LogP contribution < -0.4 is 21.8 Å². The lowest BCUT2D eigenvalue weighted by Gasteiger charge is -2.19. The van der Waals surface area contributed by atoms with Crippen molar-refractivity contribution in [3.8, 4) is 11.3 Å². The normalized spacial score (nSPS) is 13.1. The van der Waals surface area contributed by atoms with Crippen LogP contribution in [-0.4, -0.2) is 16.0 Å². The number of aromatic nitrogens is 2. The van der Waals surface area contributed by atoms with Crippen LogP contribution in [-0.2, 0) is 4.79 Å². The summed E-state index contributed by atoms with van der Waals surface area (Å²) in [6, 6.07) is 9.74. The Hall–Kier alpha value is -4.27. The number of aryl methyl sites for hydroxylation is 1. The van der Waals surface area contributed by atoms with Gasteiger partial charge in [0.05, 0.1) is 28.2 Å². The number of hydrogen-bond acceptors (Lipinski definition) is 6. The molecular formula is C26H23FN4O4. The van der Waals surface area contributed by atoms with Gasteiger partial charge in [-0.3, -0.25) is 9.59 Å². The van der Waals surface area contributed by atoms with E-state index in [4.69, 9.17) is 4.42 Å². The van der Waals surface area contributed by atoms with Crippen LogP contribution in [0.4, 0.5) is 21.6 Å². The average Bonchev–Trinajstić information content (AvgIpc) is 3.64. The minimum Gasteiger partial charge on any atom is -0.421 e. The van der Waals surface area contributed by atoms with E-state index >= 15 is 0 Å². The summed E-state index contributed by atoms with van der Waals surface area (Å²) in [4.78, 5) is 42.1. The molecular weight excluding hydrogens is 451 g/mol. The molecule has 5 rings (SSSR count). The maximum atomic E-state index is 14.7. The van der Waals surface area contributed by atoms with Crippen LogP contribution in [0.5, 0.6) is 0 Å². The van der Waals surface area contributed by atoms with Crippen LogP contribution in [0.1, 0.15) is 35.7 Å². The summed E-state index contributed by atoms with van der Waals surface area (Å²) in [5, 5.41) is 5.64. The van der Waals surface area contributed by atoms with Crippen molar-refractivity contribution in [2.24, 2.45) is 0 Å². The highest BCUT2D eigenvalue weighted by atomic mass is 19.1. The van der Waals surface area contributed by atoms with Crippen LogP contribution in [0.15, 0.2) is 50.4 Å². The third kappa shape index (κ3) is 3.88. The lowest BCUT2D eigenvalue weighted by Crippen LogP contribution is -2.25. The van der Waals surface area contributed by atoms with E-state index in [0.717, 1.165) is 18.4 Å². The lowest BCUT2D eigenvalue weighted by atomic mass is 10.0. The van der Waals surface area contributed by atoms with Gasteiger partial charge in [-0.15, -0.1) is 0 Å². The van der Waals surface area contributed by atoms with Gasteiger partial charge in [0.2, 0.25) is 6.41 Å². The zero-order valence-corrected chi connectivity index (χ0v) is 19.4. The van der Waals surface area contributed by atoms with Gasteiger partial charge >= 0.3 is 5.63 Å². The smallest absolute Gasteiger partial charge is 0.341 e. The number of carbonyl (C=O) groups is 1.